The highest BCUT2D eigenvalue weighted by Gasteiger charge is 2.37. The van der Waals surface area contributed by atoms with Crippen LogP contribution in [0.25, 0.3) is 10.8 Å². The first kappa shape index (κ1) is 15.0. The third-order valence-corrected chi connectivity index (χ3v) is 2.86. The fourth-order valence-corrected chi connectivity index (χ4v) is 1.81. The normalized spacial score (nSPS) is 13.1. The summed E-state index contributed by atoms with van der Waals surface area (Å²) in [4.78, 5) is 14.1. The molecule has 0 spiro atoms. The van der Waals surface area contributed by atoms with Crippen molar-refractivity contribution in [2.45, 2.75) is 12.3 Å². The number of benzene rings is 1. The molecule has 2 rings (SSSR count). The second-order valence-electron chi connectivity index (χ2n) is 4.25. The third-order valence-electron chi connectivity index (χ3n) is 2.86. The number of nitro groups is 1. The lowest BCUT2D eigenvalue weighted by Crippen LogP contribution is -2.35. The molecular weight excluding hydrogens is 291 g/mol. The van der Waals surface area contributed by atoms with Crippen LogP contribution in [0.15, 0.2) is 30.6 Å². The van der Waals surface area contributed by atoms with Gasteiger partial charge in [-0.15, -0.1) is 0 Å². The van der Waals surface area contributed by atoms with Gasteiger partial charge < -0.3 is 10.4 Å². The molecule has 1 atom stereocenters. The van der Waals surface area contributed by atoms with Gasteiger partial charge >= 0.3 is 6.18 Å². The Kier molecular flexibility index (Phi) is 3.94. The molecule has 0 saturated heterocycles. The largest absolute Gasteiger partial charge is 0.416 e. The van der Waals surface area contributed by atoms with Gasteiger partial charge in [0.25, 0.3) is 5.69 Å². The van der Waals surface area contributed by atoms with Crippen LogP contribution in [0, 0.1) is 10.1 Å². The van der Waals surface area contributed by atoms with Gasteiger partial charge in [0.15, 0.2) is 6.10 Å². The number of fused-ring (bicyclic) bond motifs is 1. The van der Waals surface area contributed by atoms with Crippen molar-refractivity contribution in [3.05, 3.63) is 40.7 Å². The number of nitro benzene ring substituents is 1. The number of nitrogens with one attached hydrogen (secondary N) is 1. The van der Waals surface area contributed by atoms with Crippen molar-refractivity contribution in [1.82, 2.24) is 4.98 Å². The zero-order chi connectivity index (χ0) is 15.6. The van der Waals surface area contributed by atoms with E-state index in [0.29, 0.717) is 5.39 Å². The summed E-state index contributed by atoms with van der Waals surface area (Å²) in [5.74, 6) is 0. The average molecular weight is 301 g/mol. The van der Waals surface area contributed by atoms with E-state index in [9.17, 15) is 23.3 Å². The number of aliphatic hydroxyl groups excluding tert-OH is 1. The monoisotopic (exact) mass is 301 g/mol. The summed E-state index contributed by atoms with van der Waals surface area (Å²) in [7, 11) is 0. The molecule has 0 amide bonds. The summed E-state index contributed by atoms with van der Waals surface area (Å²) in [6, 6.07) is 3.87. The number of rotatable bonds is 4. The van der Waals surface area contributed by atoms with Crippen molar-refractivity contribution in [1.29, 1.82) is 0 Å². The van der Waals surface area contributed by atoms with Crippen LogP contribution in [-0.4, -0.2) is 33.8 Å². The summed E-state index contributed by atoms with van der Waals surface area (Å²) < 4.78 is 36.7. The number of halogens is 3. The molecule has 1 heterocycles. The van der Waals surface area contributed by atoms with Gasteiger partial charge in [-0.2, -0.15) is 13.2 Å². The van der Waals surface area contributed by atoms with Crippen molar-refractivity contribution in [2.24, 2.45) is 0 Å². The smallest absolute Gasteiger partial charge is 0.382 e. The lowest BCUT2D eigenvalue weighted by molar-refractivity contribution is -0.383. The summed E-state index contributed by atoms with van der Waals surface area (Å²) in [5, 5.41) is 22.8. The zero-order valence-corrected chi connectivity index (χ0v) is 10.5. The van der Waals surface area contributed by atoms with Gasteiger partial charge in [-0.25, -0.2) is 0 Å². The molecule has 1 aromatic carbocycles. The molecule has 2 aromatic rings. The predicted octanol–water partition coefficient (Wildman–Crippen LogP) is 2.48. The Morgan fingerprint density at radius 1 is 1.33 bits per heavy atom. The highest BCUT2D eigenvalue weighted by atomic mass is 19.4. The fraction of sp³-hybridized carbons (Fsp3) is 0.250. The van der Waals surface area contributed by atoms with Gasteiger partial charge in [-0.3, -0.25) is 15.1 Å². The topological polar surface area (TPSA) is 88.3 Å². The van der Waals surface area contributed by atoms with E-state index in [0.717, 1.165) is 0 Å². The number of nitrogens with zero attached hydrogens (tertiary/aromatic N) is 2. The van der Waals surface area contributed by atoms with Gasteiger partial charge in [0.2, 0.25) is 0 Å². The number of aliphatic hydroxyl groups is 1. The lowest BCUT2D eigenvalue weighted by Gasteiger charge is -2.16. The van der Waals surface area contributed by atoms with E-state index in [-0.39, 0.29) is 16.8 Å². The first-order chi connectivity index (χ1) is 9.80. The molecule has 0 fully saturated rings. The molecule has 9 heteroatoms. The van der Waals surface area contributed by atoms with E-state index >= 15 is 0 Å². The number of aromatic nitrogens is 1. The van der Waals surface area contributed by atoms with E-state index in [4.69, 9.17) is 5.11 Å². The molecule has 1 aromatic heterocycles. The van der Waals surface area contributed by atoms with Crippen molar-refractivity contribution in [3.63, 3.8) is 0 Å². The maximum absolute atomic E-state index is 12.2. The minimum atomic E-state index is -4.73. The number of hydrogen-bond donors (Lipinski definition) is 2. The Hall–Kier alpha value is -2.42. The third kappa shape index (κ3) is 3.19. The maximum Gasteiger partial charge on any atom is 0.416 e. The Morgan fingerprint density at radius 2 is 2.05 bits per heavy atom. The Morgan fingerprint density at radius 3 is 2.67 bits per heavy atom. The maximum atomic E-state index is 12.2. The summed E-state index contributed by atoms with van der Waals surface area (Å²) >= 11 is 0. The van der Waals surface area contributed by atoms with Crippen LogP contribution in [0.5, 0.6) is 0 Å². The van der Waals surface area contributed by atoms with E-state index in [2.05, 4.69) is 10.3 Å². The van der Waals surface area contributed by atoms with Gasteiger partial charge in [0, 0.05) is 36.1 Å². The molecule has 6 nitrogen and oxygen atoms in total. The molecule has 0 saturated carbocycles. The molecule has 0 bridgehead atoms. The summed E-state index contributed by atoms with van der Waals surface area (Å²) in [6.45, 7) is -0.759. The van der Waals surface area contributed by atoms with E-state index in [1.54, 1.807) is 0 Å². The number of alkyl halides is 3. The van der Waals surface area contributed by atoms with Crippen LogP contribution in [0.1, 0.15) is 0 Å². The molecule has 2 N–H and O–H groups in total. The molecule has 0 aliphatic rings. The van der Waals surface area contributed by atoms with Crippen LogP contribution < -0.4 is 5.32 Å². The van der Waals surface area contributed by atoms with Gasteiger partial charge in [0.05, 0.1) is 10.3 Å². The molecule has 0 aliphatic heterocycles. The molecular formula is C12H10F3N3O3. The van der Waals surface area contributed by atoms with Gasteiger partial charge in [-0.05, 0) is 12.1 Å². The Labute approximate surface area is 116 Å². The van der Waals surface area contributed by atoms with Crippen molar-refractivity contribution < 1.29 is 23.2 Å². The minimum Gasteiger partial charge on any atom is -0.382 e. The standard InChI is InChI=1S/C12H10F3N3O3/c13-12(14,15)11(19)6-17-9-1-2-10(18(20)21)7-3-4-16-5-8(7)9/h1-5,11,17,19H,6H2. The molecule has 0 radical (unpaired) electrons. The number of hydrogen-bond acceptors (Lipinski definition) is 5. The first-order valence-corrected chi connectivity index (χ1v) is 5.80. The van der Waals surface area contributed by atoms with E-state index < -0.39 is 23.7 Å². The summed E-state index contributed by atoms with van der Waals surface area (Å²) in [5.41, 5.74) is 0.0568. The Bertz CT molecular complexity index is 676. The second kappa shape index (κ2) is 5.52. The van der Waals surface area contributed by atoms with Crippen molar-refractivity contribution in [2.75, 3.05) is 11.9 Å². The Balaban J connectivity index is 2.34. The second-order valence-corrected chi connectivity index (χ2v) is 4.25. The van der Waals surface area contributed by atoms with Crippen LogP contribution in [0.4, 0.5) is 24.5 Å². The van der Waals surface area contributed by atoms with E-state index in [1.165, 1.54) is 30.6 Å². The van der Waals surface area contributed by atoms with Gasteiger partial charge in [-0.1, -0.05) is 0 Å². The quantitative estimate of drug-likeness (QED) is 0.669. The van der Waals surface area contributed by atoms with Crippen LogP contribution in [0.3, 0.4) is 0 Å². The molecule has 1 unspecified atom stereocenters. The van der Waals surface area contributed by atoms with Crippen LogP contribution >= 0.6 is 0 Å². The molecule has 21 heavy (non-hydrogen) atoms. The average Bonchev–Trinajstić information content (AvgIpc) is 2.42. The van der Waals surface area contributed by atoms with Crippen molar-refractivity contribution in [3.8, 4) is 0 Å². The minimum absolute atomic E-state index is 0.172. The van der Waals surface area contributed by atoms with Gasteiger partial charge in [0.1, 0.15) is 0 Å². The SMILES string of the molecule is O=[N+]([O-])c1ccc(NCC(O)C(F)(F)F)c2cnccc12. The van der Waals surface area contributed by atoms with Crippen LogP contribution in [-0.2, 0) is 0 Å². The van der Waals surface area contributed by atoms with Crippen molar-refractivity contribution >= 4 is 22.1 Å². The van der Waals surface area contributed by atoms with Crippen LogP contribution in [0.2, 0.25) is 0 Å². The zero-order valence-electron chi connectivity index (χ0n) is 10.5. The number of pyridine rings is 1. The molecule has 112 valence electrons. The number of non-ortho nitro benzene ring substituents is 1. The molecule has 0 aliphatic carbocycles. The van der Waals surface area contributed by atoms with E-state index in [1.807, 2.05) is 0 Å². The number of anilines is 1. The first-order valence-electron chi connectivity index (χ1n) is 5.80. The summed E-state index contributed by atoms with van der Waals surface area (Å²) in [6.07, 6.45) is -4.60. The highest BCUT2D eigenvalue weighted by molar-refractivity contribution is 5.99. The fourth-order valence-electron chi connectivity index (χ4n) is 1.81. The predicted molar refractivity (Wildman–Crippen MR) is 68.9 cm³/mol. The highest BCUT2D eigenvalue weighted by Crippen LogP contribution is 2.31. The lowest BCUT2D eigenvalue weighted by atomic mass is 10.1.